The maximum absolute atomic E-state index is 12.8. The van der Waals surface area contributed by atoms with Crippen LogP contribution in [0.3, 0.4) is 0 Å². The summed E-state index contributed by atoms with van der Waals surface area (Å²) in [6, 6.07) is 0. The number of carbonyl (C=O) groups is 2. The average Bonchev–Trinajstić information content (AvgIpc) is 2.54. The number of hydrogen-bond donors (Lipinski definition) is 0. The van der Waals surface area contributed by atoms with Crippen LogP contribution < -0.4 is 0 Å². The molecule has 2 aliphatic rings. The smallest absolute Gasteiger partial charge is 0.316 e. The second kappa shape index (κ2) is 7.58. The molecule has 1 aliphatic carbocycles. The number of hydrogen-bond acceptors (Lipinski definition) is 5. The minimum absolute atomic E-state index is 0.0219. The van der Waals surface area contributed by atoms with Crippen LogP contribution in [0.2, 0.25) is 0 Å². The van der Waals surface area contributed by atoms with E-state index < -0.39 is 10.8 Å². The molecule has 5 nitrogen and oxygen atoms in total. The van der Waals surface area contributed by atoms with Crippen molar-refractivity contribution < 1.29 is 23.8 Å². The Morgan fingerprint density at radius 2 is 1.96 bits per heavy atom. The number of rotatable bonds is 4. The Kier molecular flexibility index (Phi) is 6.10. The predicted molar refractivity (Wildman–Crippen MR) is 94.7 cm³/mol. The van der Waals surface area contributed by atoms with Crippen molar-refractivity contribution in [3.63, 3.8) is 0 Å². The molecule has 2 rings (SSSR count). The maximum Gasteiger partial charge on any atom is 0.316 e. The molecule has 5 heteroatoms. The fourth-order valence-corrected chi connectivity index (χ4v) is 3.14. The average molecular weight is 352 g/mol. The molecule has 0 spiro atoms. The van der Waals surface area contributed by atoms with Crippen LogP contribution in [0.25, 0.3) is 0 Å². The van der Waals surface area contributed by atoms with E-state index in [4.69, 9.17) is 14.2 Å². The second-order valence-corrected chi connectivity index (χ2v) is 8.77. The van der Waals surface area contributed by atoms with E-state index in [1.54, 1.807) is 27.7 Å². The van der Waals surface area contributed by atoms with Gasteiger partial charge in [-0.15, -0.1) is 0 Å². The van der Waals surface area contributed by atoms with Gasteiger partial charge in [0.05, 0.1) is 12.0 Å². The number of esters is 1. The van der Waals surface area contributed by atoms with Gasteiger partial charge in [-0.05, 0) is 47.0 Å². The van der Waals surface area contributed by atoms with Crippen molar-refractivity contribution in [2.45, 2.75) is 73.5 Å². The van der Waals surface area contributed by atoms with Crippen molar-refractivity contribution in [2.75, 3.05) is 13.2 Å². The molecule has 0 saturated carbocycles. The van der Waals surface area contributed by atoms with Gasteiger partial charge in [0, 0.05) is 29.9 Å². The van der Waals surface area contributed by atoms with E-state index >= 15 is 0 Å². The lowest BCUT2D eigenvalue weighted by atomic mass is 9.68. The summed E-state index contributed by atoms with van der Waals surface area (Å²) in [5, 5.41) is 0. The monoisotopic (exact) mass is 352 g/mol. The molecule has 0 amide bonds. The third-order valence-corrected chi connectivity index (χ3v) is 5.25. The molecule has 1 saturated heterocycles. The number of ketones is 1. The van der Waals surface area contributed by atoms with E-state index in [0.717, 1.165) is 25.9 Å². The molecule has 0 N–H and O–H groups in total. The quantitative estimate of drug-likeness (QED) is 0.716. The molecule has 1 fully saturated rings. The van der Waals surface area contributed by atoms with Crippen molar-refractivity contribution in [1.29, 1.82) is 0 Å². The molecule has 1 aliphatic heterocycles. The van der Waals surface area contributed by atoms with Gasteiger partial charge >= 0.3 is 5.97 Å². The predicted octanol–water partition coefficient (Wildman–Crippen LogP) is 4.01. The van der Waals surface area contributed by atoms with Crippen molar-refractivity contribution in [1.82, 2.24) is 0 Å². The zero-order valence-electron chi connectivity index (χ0n) is 16.4. The lowest BCUT2D eigenvalue weighted by molar-refractivity contribution is -0.177. The zero-order valence-corrected chi connectivity index (χ0v) is 16.4. The number of allylic oxidation sites excluding steroid dienone is 2. The van der Waals surface area contributed by atoms with E-state index in [2.05, 4.69) is 0 Å². The largest absolute Gasteiger partial charge is 0.430 e. The van der Waals surface area contributed by atoms with E-state index in [9.17, 15) is 9.59 Å². The Labute approximate surface area is 151 Å². The number of ether oxygens (including phenoxy) is 3. The normalized spacial score (nSPS) is 27.4. The van der Waals surface area contributed by atoms with E-state index in [1.165, 1.54) is 0 Å². The van der Waals surface area contributed by atoms with Crippen LogP contribution in [0.1, 0.15) is 67.2 Å². The zero-order chi connectivity index (χ0) is 18.8. The van der Waals surface area contributed by atoms with Gasteiger partial charge in [-0.3, -0.25) is 9.59 Å². The SMILES string of the molecule is CC1=C(OC(=O)C(C)(C)C)CC(COC2CCCCO2)C(C)(C)C1=O. The lowest BCUT2D eigenvalue weighted by Crippen LogP contribution is -2.42. The highest BCUT2D eigenvalue weighted by atomic mass is 16.7. The Morgan fingerprint density at radius 1 is 1.28 bits per heavy atom. The Hall–Kier alpha value is -1.20. The van der Waals surface area contributed by atoms with E-state index in [-0.39, 0.29) is 24.0 Å². The van der Waals surface area contributed by atoms with E-state index in [1.807, 2.05) is 13.8 Å². The lowest BCUT2D eigenvalue weighted by Gasteiger charge is -2.39. The summed E-state index contributed by atoms with van der Waals surface area (Å²) in [4.78, 5) is 25.1. The highest BCUT2D eigenvalue weighted by Crippen LogP contribution is 2.42. The first kappa shape index (κ1) is 20.1. The molecule has 25 heavy (non-hydrogen) atoms. The molecule has 2 atom stereocenters. The van der Waals surface area contributed by atoms with E-state index in [0.29, 0.717) is 24.4 Å². The van der Waals surface area contributed by atoms with Crippen molar-refractivity contribution in [3.8, 4) is 0 Å². The summed E-state index contributed by atoms with van der Waals surface area (Å²) in [5.74, 6) is 0.151. The molecule has 0 aromatic carbocycles. The molecular weight excluding hydrogens is 320 g/mol. The second-order valence-electron chi connectivity index (χ2n) is 8.77. The Balaban J connectivity index is 2.10. The third-order valence-electron chi connectivity index (χ3n) is 5.25. The number of Topliss-reactive ketones (excluding diaryl/α,β-unsaturated/α-hetero) is 1. The molecule has 0 aromatic rings. The van der Waals surface area contributed by atoms with Crippen LogP contribution in [-0.4, -0.2) is 31.3 Å². The molecule has 2 unspecified atom stereocenters. The van der Waals surface area contributed by atoms with Crippen molar-refractivity contribution in [2.24, 2.45) is 16.7 Å². The fourth-order valence-electron chi connectivity index (χ4n) is 3.14. The highest BCUT2D eigenvalue weighted by molar-refractivity contribution is 6.00. The van der Waals surface area contributed by atoms with Crippen molar-refractivity contribution in [3.05, 3.63) is 11.3 Å². The van der Waals surface area contributed by atoms with Gasteiger partial charge in [0.25, 0.3) is 0 Å². The van der Waals surface area contributed by atoms with Gasteiger partial charge in [0.2, 0.25) is 0 Å². The fraction of sp³-hybridized carbons (Fsp3) is 0.800. The van der Waals surface area contributed by atoms with Crippen LogP contribution in [0.5, 0.6) is 0 Å². The number of carbonyl (C=O) groups excluding carboxylic acids is 2. The Bertz CT molecular complexity index is 547. The van der Waals surface area contributed by atoms with Gasteiger partial charge in [0.15, 0.2) is 12.1 Å². The molecule has 0 bridgehead atoms. The van der Waals surface area contributed by atoms with Gasteiger partial charge in [-0.25, -0.2) is 0 Å². The molecule has 0 aromatic heterocycles. The molecular formula is C20H32O5. The topological polar surface area (TPSA) is 61.8 Å². The minimum atomic E-state index is -0.606. The maximum atomic E-state index is 12.8. The first-order valence-corrected chi connectivity index (χ1v) is 9.23. The molecule has 0 radical (unpaired) electrons. The van der Waals surface area contributed by atoms with Crippen LogP contribution in [-0.2, 0) is 23.8 Å². The Morgan fingerprint density at radius 3 is 2.52 bits per heavy atom. The summed E-state index contributed by atoms with van der Waals surface area (Å²) in [6.07, 6.45) is 3.40. The van der Waals surface area contributed by atoms with Gasteiger partial charge in [-0.1, -0.05) is 13.8 Å². The van der Waals surface area contributed by atoms with Crippen LogP contribution in [0.15, 0.2) is 11.3 Å². The minimum Gasteiger partial charge on any atom is -0.430 e. The first-order valence-electron chi connectivity index (χ1n) is 9.23. The van der Waals surface area contributed by atoms with Crippen LogP contribution >= 0.6 is 0 Å². The first-order chi connectivity index (χ1) is 11.5. The summed E-state index contributed by atoms with van der Waals surface area (Å²) in [7, 11) is 0. The van der Waals surface area contributed by atoms with Crippen LogP contribution in [0.4, 0.5) is 0 Å². The summed E-state index contributed by atoms with van der Waals surface area (Å²) in [6.45, 7) is 12.2. The standard InChI is InChI=1S/C20H32O5/c1-13-15(25-18(22)19(2,3)4)11-14(20(5,6)17(13)21)12-24-16-9-7-8-10-23-16/h14,16H,7-12H2,1-6H3. The summed E-state index contributed by atoms with van der Waals surface area (Å²) >= 11 is 0. The summed E-state index contributed by atoms with van der Waals surface area (Å²) < 4.78 is 17.1. The molecule has 1 heterocycles. The van der Waals surface area contributed by atoms with Gasteiger partial charge in [0.1, 0.15) is 5.76 Å². The molecule has 142 valence electrons. The summed E-state index contributed by atoms with van der Waals surface area (Å²) in [5.41, 5.74) is -0.602. The van der Waals surface area contributed by atoms with Crippen LogP contribution in [0, 0.1) is 16.7 Å². The highest BCUT2D eigenvalue weighted by Gasteiger charge is 2.44. The van der Waals surface area contributed by atoms with Gasteiger partial charge in [-0.2, -0.15) is 0 Å². The van der Waals surface area contributed by atoms with Gasteiger partial charge < -0.3 is 14.2 Å². The third kappa shape index (κ3) is 4.70. The van der Waals surface area contributed by atoms with Crippen molar-refractivity contribution >= 4 is 11.8 Å².